The molecule has 0 amide bonds. The monoisotopic (exact) mass is 300 g/mol. The fraction of sp³-hybridized carbons (Fsp3) is 0.526. The van der Waals surface area contributed by atoms with Gasteiger partial charge in [-0.3, -0.25) is 14.4 Å². The van der Waals surface area contributed by atoms with Crippen molar-refractivity contribution < 1.29 is 14.4 Å². The van der Waals surface area contributed by atoms with Gasteiger partial charge in [-0.25, -0.2) is 0 Å². The first-order valence-corrected chi connectivity index (χ1v) is 8.00. The van der Waals surface area contributed by atoms with Crippen molar-refractivity contribution in [2.75, 3.05) is 0 Å². The van der Waals surface area contributed by atoms with E-state index in [1.165, 1.54) is 11.6 Å². The Morgan fingerprint density at radius 1 is 1.32 bits per heavy atom. The van der Waals surface area contributed by atoms with Crippen molar-refractivity contribution in [2.45, 2.75) is 46.5 Å². The molecule has 2 rings (SSSR count). The molecule has 0 radical (unpaired) electrons. The van der Waals surface area contributed by atoms with Gasteiger partial charge in [-0.1, -0.05) is 37.1 Å². The standard InChI is InChI=1S/C19H24O3/c1-5-6-13-10-16(20)17(19(22)18(13)21)15-9-12(4)7-8-14(15)11(2)3/h7,10,14-15,17H,2,5-6,8-9H2,1,3-4H3. The first-order valence-electron chi connectivity index (χ1n) is 8.00. The van der Waals surface area contributed by atoms with Gasteiger partial charge in [0.2, 0.25) is 11.6 Å². The summed E-state index contributed by atoms with van der Waals surface area (Å²) in [6.07, 6.45) is 6.29. The number of carbonyl (C=O) groups excluding carboxylic acids is 3. The fourth-order valence-corrected chi connectivity index (χ4v) is 3.63. The Hall–Kier alpha value is -1.77. The first-order chi connectivity index (χ1) is 10.4. The van der Waals surface area contributed by atoms with Gasteiger partial charge < -0.3 is 0 Å². The van der Waals surface area contributed by atoms with Gasteiger partial charge in [0.1, 0.15) is 0 Å². The van der Waals surface area contributed by atoms with Gasteiger partial charge in [-0.15, -0.1) is 0 Å². The van der Waals surface area contributed by atoms with Gasteiger partial charge in [0.15, 0.2) is 5.78 Å². The number of hydrogen-bond donors (Lipinski definition) is 0. The summed E-state index contributed by atoms with van der Waals surface area (Å²) in [5.41, 5.74) is 2.53. The minimum Gasteiger partial charge on any atom is -0.294 e. The van der Waals surface area contributed by atoms with E-state index >= 15 is 0 Å². The summed E-state index contributed by atoms with van der Waals surface area (Å²) < 4.78 is 0. The van der Waals surface area contributed by atoms with E-state index < -0.39 is 17.5 Å². The molecule has 0 aromatic carbocycles. The van der Waals surface area contributed by atoms with Gasteiger partial charge in [0.05, 0.1) is 5.92 Å². The Kier molecular flexibility index (Phi) is 4.94. The Bertz CT molecular complexity index is 592. The van der Waals surface area contributed by atoms with Gasteiger partial charge in [-0.05, 0) is 51.0 Å². The van der Waals surface area contributed by atoms with Gasteiger partial charge in [0, 0.05) is 5.57 Å². The average molecular weight is 300 g/mol. The van der Waals surface area contributed by atoms with Crippen molar-refractivity contribution in [3.63, 3.8) is 0 Å². The third-order valence-electron chi connectivity index (χ3n) is 4.80. The van der Waals surface area contributed by atoms with Crippen LogP contribution in [-0.2, 0) is 14.4 Å². The number of hydrogen-bond acceptors (Lipinski definition) is 3. The highest BCUT2D eigenvalue weighted by molar-refractivity contribution is 6.50. The van der Waals surface area contributed by atoms with Crippen LogP contribution in [0.2, 0.25) is 0 Å². The molecular formula is C19H24O3. The summed E-state index contributed by atoms with van der Waals surface area (Å²) >= 11 is 0. The number of carbonyl (C=O) groups is 3. The molecule has 0 heterocycles. The lowest BCUT2D eigenvalue weighted by Gasteiger charge is -2.36. The summed E-state index contributed by atoms with van der Waals surface area (Å²) in [7, 11) is 0. The molecule has 0 aromatic heterocycles. The minimum absolute atomic E-state index is 0.0931. The Labute approximate surface area is 132 Å². The molecule has 0 saturated heterocycles. The second kappa shape index (κ2) is 6.55. The highest BCUT2D eigenvalue weighted by Crippen LogP contribution is 2.40. The highest BCUT2D eigenvalue weighted by Gasteiger charge is 2.44. The van der Waals surface area contributed by atoms with E-state index in [2.05, 4.69) is 12.7 Å². The maximum Gasteiger partial charge on any atom is 0.225 e. The zero-order chi connectivity index (χ0) is 16.4. The molecule has 0 bridgehead atoms. The topological polar surface area (TPSA) is 51.2 Å². The molecule has 0 aliphatic heterocycles. The highest BCUT2D eigenvalue weighted by atomic mass is 16.2. The van der Waals surface area contributed by atoms with Crippen LogP contribution in [0.15, 0.2) is 35.5 Å². The fourth-order valence-electron chi connectivity index (χ4n) is 3.63. The molecule has 3 atom stereocenters. The van der Waals surface area contributed by atoms with Gasteiger partial charge >= 0.3 is 0 Å². The van der Waals surface area contributed by atoms with Crippen LogP contribution in [0.1, 0.15) is 46.5 Å². The van der Waals surface area contributed by atoms with E-state index in [1.807, 2.05) is 20.8 Å². The summed E-state index contributed by atoms with van der Waals surface area (Å²) in [6, 6.07) is 0. The third-order valence-corrected chi connectivity index (χ3v) is 4.80. The molecule has 3 nitrogen and oxygen atoms in total. The summed E-state index contributed by atoms with van der Waals surface area (Å²) in [4.78, 5) is 37.3. The van der Waals surface area contributed by atoms with Crippen molar-refractivity contribution in [2.24, 2.45) is 17.8 Å². The molecule has 118 valence electrons. The molecule has 2 aliphatic rings. The number of Topliss-reactive ketones (excluding diaryl/α,β-unsaturated/α-hetero) is 2. The lowest BCUT2D eigenvalue weighted by Crippen LogP contribution is -2.43. The predicted molar refractivity (Wildman–Crippen MR) is 86.3 cm³/mol. The molecule has 0 aromatic rings. The Morgan fingerprint density at radius 3 is 2.59 bits per heavy atom. The maximum absolute atomic E-state index is 12.5. The van der Waals surface area contributed by atoms with Crippen LogP contribution in [0.25, 0.3) is 0 Å². The number of allylic oxidation sites excluding steroid dienone is 5. The van der Waals surface area contributed by atoms with Crippen LogP contribution >= 0.6 is 0 Å². The van der Waals surface area contributed by atoms with Crippen LogP contribution in [0.3, 0.4) is 0 Å². The van der Waals surface area contributed by atoms with Gasteiger partial charge in [-0.2, -0.15) is 0 Å². The van der Waals surface area contributed by atoms with E-state index in [0.29, 0.717) is 18.4 Å². The zero-order valence-corrected chi connectivity index (χ0v) is 13.6. The predicted octanol–water partition coefficient (Wildman–Crippen LogP) is 3.60. The molecule has 0 fully saturated rings. The van der Waals surface area contributed by atoms with E-state index in [-0.39, 0.29) is 17.6 Å². The van der Waals surface area contributed by atoms with Crippen LogP contribution in [0.5, 0.6) is 0 Å². The summed E-state index contributed by atoms with van der Waals surface area (Å²) in [5, 5.41) is 0. The number of rotatable bonds is 4. The quantitative estimate of drug-likeness (QED) is 0.453. The van der Waals surface area contributed by atoms with Crippen molar-refractivity contribution >= 4 is 17.3 Å². The van der Waals surface area contributed by atoms with Crippen molar-refractivity contribution in [3.05, 3.63) is 35.5 Å². The normalized spacial score (nSPS) is 29.2. The van der Waals surface area contributed by atoms with Crippen LogP contribution in [0, 0.1) is 17.8 Å². The molecular weight excluding hydrogens is 276 g/mol. The van der Waals surface area contributed by atoms with E-state index in [0.717, 1.165) is 18.4 Å². The third kappa shape index (κ3) is 3.03. The molecule has 0 spiro atoms. The van der Waals surface area contributed by atoms with E-state index in [4.69, 9.17) is 0 Å². The SMILES string of the molecule is C=C(C)C1CC=C(C)CC1C1C(=O)C=C(CCC)C(=O)C1=O. The van der Waals surface area contributed by atoms with Crippen LogP contribution in [-0.4, -0.2) is 17.3 Å². The van der Waals surface area contributed by atoms with Gasteiger partial charge in [0.25, 0.3) is 0 Å². The largest absolute Gasteiger partial charge is 0.294 e. The zero-order valence-electron chi connectivity index (χ0n) is 13.6. The maximum atomic E-state index is 12.5. The molecule has 0 N–H and O–H groups in total. The molecule has 22 heavy (non-hydrogen) atoms. The van der Waals surface area contributed by atoms with Crippen LogP contribution < -0.4 is 0 Å². The lowest BCUT2D eigenvalue weighted by atomic mass is 9.65. The smallest absolute Gasteiger partial charge is 0.225 e. The second-order valence-corrected chi connectivity index (χ2v) is 6.60. The molecule has 3 unspecified atom stereocenters. The molecule has 0 saturated carbocycles. The van der Waals surface area contributed by atoms with Crippen molar-refractivity contribution in [1.82, 2.24) is 0 Å². The lowest BCUT2D eigenvalue weighted by molar-refractivity contribution is -0.143. The number of ketones is 3. The summed E-state index contributed by atoms with van der Waals surface area (Å²) in [6.45, 7) is 9.89. The average Bonchev–Trinajstić information content (AvgIpc) is 2.44. The second-order valence-electron chi connectivity index (χ2n) is 6.60. The van der Waals surface area contributed by atoms with Crippen LogP contribution in [0.4, 0.5) is 0 Å². The van der Waals surface area contributed by atoms with Crippen molar-refractivity contribution in [1.29, 1.82) is 0 Å². The van der Waals surface area contributed by atoms with E-state index in [9.17, 15) is 14.4 Å². The Morgan fingerprint density at radius 2 is 2.00 bits per heavy atom. The Balaban J connectivity index is 2.36. The van der Waals surface area contributed by atoms with E-state index in [1.54, 1.807) is 0 Å². The molecule has 2 aliphatic carbocycles. The van der Waals surface area contributed by atoms with Crippen molar-refractivity contribution in [3.8, 4) is 0 Å². The summed E-state index contributed by atoms with van der Waals surface area (Å²) in [5.74, 6) is -2.03. The molecule has 3 heteroatoms. The minimum atomic E-state index is -0.821. The first kappa shape index (κ1) is 16.6.